The van der Waals surface area contributed by atoms with E-state index in [1.807, 2.05) is 0 Å². The quantitative estimate of drug-likeness (QED) is 0.340. The van der Waals surface area contributed by atoms with Crippen molar-refractivity contribution in [3.05, 3.63) is 132 Å². The van der Waals surface area contributed by atoms with Crippen LogP contribution in [0.15, 0.2) is 115 Å². The molecule has 0 aliphatic heterocycles. The van der Waals surface area contributed by atoms with E-state index in [1.54, 1.807) is 0 Å². The first-order valence-corrected chi connectivity index (χ1v) is 11.4. The minimum Gasteiger partial charge on any atom is -0.0622 e. The zero-order chi connectivity index (χ0) is 19.0. The van der Waals surface area contributed by atoms with E-state index in [0.717, 1.165) is 19.0 Å². The molecule has 0 heterocycles. The van der Waals surface area contributed by atoms with Gasteiger partial charge in [0.1, 0.15) is 0 Å². The first-order chi connectivity index (χ1) is 13.9. The van der Waals surface area contributed by atoms with Gasteiger partial charge < -0.3 is 0 Å². The van der Waals surface area contributed by atoms with Crippen LogP contribution in [0.5, 0.6) is 0 Å². The summed E-state index contributed by atoms with van der Waals surface area (Å²) >= 11 is 0. The van der Waals surface area contributed by atoms with Gasteiger partial charge >= 0.3 is 0 Å². The molecular weight excluding hydrogens is 355 g/mol. The van der Waals surface area contributed by atoms with E-state index < -0.39 is 0 Å². The molecular formula is C27H25P. The van der Waals surface area contributed by atoms with Gasteiger partial charge in [-0.15, -0.1) is 0 Å². The molecule has 0 radical (unpaired) electrons. The predicted octanol–water partition coefficient (Wildman–Crippen LogP) is 6.10. The fraction of sp³-hybridized carbons (Fsp3) is 0.111. The van der Waals surface area contributed by atoms with Crippen LogP contribution < -0.4 is 10.6 Å². The standard InChI is InChI=1S/C27H25P/c1-4-10-23(11-5-1)16-17-24-18-20-25(21-19-24)22-28(26-12-6-2-7-13-26)27-14-8-3-9-15-27/h1-15,18-21H,16-17,22H2. The third kappa shape index (κ3) is 4.97. The van der Waals surface area contributed by atoms with Gasteiger partial charge in [-0.2, -0.15) is 0 Å². The molecule has 4 aromatic rings. The van der Waals surface area contributed by atoms with Crippen molar-refractivity contribution in [2.24, 2.45) is 0 Å². The average Bonchev–Trinajstić information content (AvgIpc) is 2.79. The lowest BCUT2D eigenvalue weighted by molar-refractivity contribution is 0.959. The molecule has 0 amide bonds. The maximum absolute atomic E-state index is 2.32. The van der Waals surface area contributed by atoms with Crippen molar-refractivity contribution in [2.45, 2.75) is 19.0 Å². The van der Waals surface area contributed by atoms with Crippen molar-refractivity contribution in [3.63, 3.8) is 0 Å². The fourth-order valence-corrected chi connectivity index (χ4v) is 5.78. The molecule has 0 fully saturated rings. The van der Waals surface area contributed by atoms with Gasteiger partial charge in [0.05, 0.1) is 0 Å². The molecule has 28 heavy (non-hydrogen) atoms. The number of aryl methyl sites for hydroxylation is 2. The first kappa shape index (κ1) is 18.7. The lowest BCUT2D eigenvalue weighted by Crippen LogP contribution is -2.12. The summed E-state index contributed by atoms with van der Waals surface area (Å²) < 4.78 is 0. The fourth-order valence-electron chi connectivity index (χ4n) is 3.47. The molecule has 0 nitrogen and oxygen atoms in total. The molecule has 0 bridgehead atoms. The van der Waals surface area contributed by atoms with Gasteiger partial charge in [0.25, 0.3) is 0 Å². The molecule has 0 N–H and O–H groups in total. The molecule has 0 aliphatic carbocycles. The molecule has 0 saturated carbocycles. The van der Waals surface area contributed by atoms with E-state index >= 15 is 0 Å². The Bertz CT molecular complexity index is 921. The van der Waals surface area contributed by atoms with Crippen LogP contribution in [0.3, 0.4) is 0 Å². The van der Waals surface area contributed by atoms with Crippen LogP contribution in [-0.2, 0) is 19.0 Å². The van der Waals surface area contributed by atoms with Crippen molar-refractivity contribution in [1.82, 2.24) is 0 Å². The van der Waals surface area contributed by atoms with Crippen molar-refractivity contribution >= 4 is 18.5 Å². The van der Waals surface area contributed by atoms with Gasteiger partial charge in [0, 0.05) is 6.16 Å². The Balaban J connectivity index is 1.48. The highest BCUT2D eigenvalue weighted by Gasteiger charge is 2.14. The molecule has 4 aromatic carbocycles. The summed E-state index contributed by atoms with van der Waals surface area (Å²) in [5, 5.41) is 2.88. The summed E-state index contributed by atoms with van der Waals surface area (Å²) in [5.41, 5.74) is 4.24. The highest BCUT2D eigenvalue weighted by atomic mass is 31.1. The van der Waals surface area contributed by atoms with E-state index in [4.69, 9.17) is 0 Å². The van der Waals surface area contributed by atoms with E-state index in [0.29, 0.717) is 0 Å². The number of hydrogen-bond acceptors (Lipinski definition) is 0. The topological polar surface area (TPSA) is 0 Å². The molecule has 0 atom stereocenters. The molecule has 138 valence electrons. The van der Waals surface area contributed by atoms with E-state index in [2.05, 4.69) is 115 Å². The van der Waals surface area contributed by atoms with Crippen LogP contribution in [-0.4, -0.2) is 0 Å². The molecule has 4 rings (SSSR count). The van der Waals surface area contributed by atoms with Crippen molar-refractivity contribution in [1.29, 1.82) is 0 Å². The van der Waals surface area contributed by atoms with Crippen molar-refractivity contribution in [2.75, 3.05) is 0 Å². The van der Waals surface area contributed by atoms with Gasteiger partial charge in [0.2, 0.25) is 0 Å². The zero-order valence-electron chi connectivity index (χ0n) is 16.0. The lowest BCUT2D eigenvalue weighted by atomic mass is 10.0. The van der Waals surface area contributed by atoms with Gasteiger partial charge in [-0.25, -0.2) is 0 Å². The lowest BCUT2D eigenvalue weighted by Gasteiger charge is -2.19. The second-order valence-corrected chi connectivity index (χ2v) is 9.26. The molecule has 0 spiro atoms. The normalized spacial score (nSPS) is 10.9. The summed E-state index contributed by atoms with van der Waals surface area (Å²) in [5.74, 6) is 0. The first-order valence-electron chi connectivity index (χ1n) is 9.88. The Morgan fingerprint density at radius 3 is 1.29 bits per heavy atom. The van der Waals surface area contributed by atoms with Crippen LogP contribution >= 0.6 is 7.92 Å². The monoisotopic (exact) mass is 380 g/mol. The molecule has 0 saturated heterocycles. The summed E-state index contributed by atoms with van der Waals surface area (Å²) in [7, 11) is -0.381. The molecule has 0 aliphatic rings. The maximum atomic E-state index is 2.32. The third-order valence-electron chi connectivity index (χ3n) is 5.04. The maximum Gasteiger partial charge on any atom is 0.000743 e. The molecule has 0 aromatic heterocycles. The SMILES string of the molecule is c1ccc(CCc2ccc(CP(c3ccccc3)c3ccccc3)cc2)cc1. The molecule has 0 unspecified atom stereocenters. The van der Waals surface area contributed by atoms with Crippen molar-refractivity contribution in [3.8, 4) is 0 Å². The van der Waals surface area contributed by atoms with Crippen LogP contribution in [0, 0.1) is 0 Å². The molecule has 1 heteroatoms. The Morgan fingerprint density at radius 1 is 0.393 bits per heavy atom. The smallest absolute Gasteiger partial charge is 0.000743 e. The summed E-state index contributed by atoms with van der Waals surface area (Å²) in [6.07, 6.45) is 3.28. The van der Waals surface area contributed by atoms with Crippen LogP contribution in [0.4, 0.5) is 0 Å². The van der Waals surface area contributed by atoms with Crippen LogP contribution in [0.1, 0.15) is 16.7 Å². The van der Waals surface area contributed by atoms with Gasteiger partial charge in [-0.05, 0) is 48.1 Å². The minimum absolute atomic E-state index is 0.381. The van der Waals surface area contributed by atoms with E-state index in [9.17, 15) is 0 Å². The second-order valence-electron chi connectivity index (χ2n) is 7.06. The minimum atomic E-state index is -0.381. The Morgan fingerprint density at radius 2 is 0.786 bits per heavy atom. The number of rotatable bonds is 7. The largest absolute Gasteiger partial charge is 0.0622 e. The number of hydrogen-bond donors (Lipinski definition) is 0. The predicted molar refractivity (Wildman–Crippen MR) is 123 cm³/mol. The summed E-state index contributed by atoms with van der Waals surface area (Å²) in [4.78, 5) is 0. The van der Waals surface area contributed by atoms with E-state index in [1.165, 1.54) is 27.3 Å². The zero-order valence-corrected chi connectivity index (χ0v) is 16.9. The highest BCUT2D eigenvalue weighted by Crippen LogP contribution is 2.37. The number of benzene rings is 4. The van der Waals surface area contributed by atoms with Gasteiger partial charge in [0.15, 0.2) is 0 Å². The average molecular weight is 380 g/mol. The van der Waals surface area contributed by atoms with E-state index in [-0.39, 0.29) is 7.92 Å². The second kappa shape index (κ2) is 9.49. The van der Waals surface area contributed by atoms with Gasteiger partial charge in [-0.1, -0.05) is 115 Å². The van der Waals surface area contributed by atoms with Crippen molar-refractivity contribution < 1.29 is 0 Å². The highest BCUT2D eigenvalue weighted by molar-refractivity contribution is 7.72. The summed E-state index contributed by atoms with van der Waals surface area (Å²) in [6, 6.07) is 41.9. The van der Waals surface area contributed by atoms with Gasteiger partial charge in [-0.3, -0.25) is 0 Å². The summed E-state index contributed by atoms with van der Waals surface area (Å²) in [6.45, 7) is 0. The Kier molecular flexibility index (Phi) is 6.32. The Hall–Kier alpha value is -2.69. The third-order valence-corrected chi connectivity index (χ3v) is 7.57. The van der Waals surface area contributed by atoms with Crippen LogP contribution in [0.2, 0.25) is 0 Å². The van der Waals surface area contributed by atoms with Crippen LogP contribution in [0.25, 0.3) is 0 Å². The Labute approximate surface area is 169 Å².